The van der Waals surface area contributed by atoms with Crippen molar-refractivity contribution in [2.75, 3.05) is 26.2 Å². The Kier molecular flexibility index (Phi) is 5.84. The van der Waals surface area contributed by atoms with Crippen LogP contribution < -0.4 is 4.74 Å². The lowest BCUT2D eigenvalue weighted by Gasteiger charge is -2.36. The van der Waals surface area contributed by atoms with E-state index in [1.165, 1.54) is 5.56 Å². The molecule has 0 unspecified atom stereocenters. The normalized spacial score (nSPS) is 24.3. The standard InChI is InChI=1S/C18H29NO3/c1-12-6-13(2)18(14(3)7-12)21-11-17(20)10-19-8-15(4)22-16(5)9-19/h6-7,15-17,20H,8-11H2,1-5H3/t15-,16+,17-/m1/s1. The molecule has 0 aromatic heterocycles. The zero-order chi connectivity index (χ0) is 16.3. The van der Waals surface area contributed by atoms with Crippen LogP contribution in [-0.2, 0) is 4.74 Å². The summed E-state index contributed by atoms with van der Waals surface area (Å²) < 4.78 is 11.6. The maximum absolute atomic E-state index is 10.3. The third-order valence-electron chi connectivity index (χ3n) is 3.99. The fourth-order valence-electron chi connectivity index (χ4n) is 3.36. The zero-order valence-electron chi connectivity index (χ0n) is 14.4. The van der Waals surface area contributed by atoms with Crippen LogP contribution in [0, 0.1) is 20.8 Å². The molecule has 1 aromatic carbocycles. The molecule has 0 aliphatic carbocycles. The number of morpholine rings is 1. The molecule has 0 spiro atoms. The largest absolute Gasteiger partial charge is 0.490 e. The first-order valence-electron chi connectivity index (χ1n) is 8.11. The molecule has 2 rings (SSSR count). The van der Waals surface area contributed by atoms with E-state index in [-0.39, 0.29) is 12.2 Å². The lowest BCUT2D eigenvalue weighted by Crippen LogP contribution is -2.48. The molecule has 0 saturated carbocycles. The van der Waals surface area contributed by atoms with Gasteiger partial charge < -0.3 is 14.6 Å². The Balaban J connectivity index is 1.86. The summed E-state index contributed by atoms with van der Waals surface area (Å²) in [6, 6.07) is 4.22. The number of ether oxygens (including phenoxy) is 2. The number of β-amino-alcohol motifs (C(OH)–C–C–N with tert-alkyl or cyclic N) is 1. The molecule has 4 heteroatoms. The van der Waals surface area contributed by atoms with Gasteiger partial charge in [-0.3, -0.25) is 4.90 Å². The molecule has 1 heterocycles. The number of rotatable bonds is 5. The Bertz CT molecular complexity index is 470. The first-order valence-corrected chi connectivity index (χ1v) is 8.11. The number of aliphatic hydroxyl groups is 1. The van der Waals surface area contributed by atoms with Crippen molar-refractivity contribution >= 4 is 0 Å². The molecule has 1 aromatic rings. The van der Waals surface area contributed by atoms with Gasteiger partial charge in [-0.2, -0.15) is 0 Å². The molecule has 1 saturated heterocycles. The van der Waals surface area contributed by atoms with Crippen LogP contribution in [0.3, 0.4) is 0 Å². The fraction of sp³-hybridized carbons (Fsp3) is 0.667. The van der Waals surface area contributed by atoms with Crippen LogP contribution in [0.25, 0.3) is 0 Å². The Morgan fingerprint density at radius 3 is 2.27 bits per heavy atom. The Labute approximate surface area is 134 Å². The van der Waals surface area contributed by atoms with Crippen molar-refractivity contribution in [2.24, 2.45) is 0 Å². The first-order chi connectivity index (χ1) is 10.3. The third-order valence-corrected chi connectivity index (χ3v) is 3.99. The van der Waals surface area contributed by atoms with E-state index in [0.717, 1.165) is 30.0 Å². The first kappa shape index (κ1) is 17.3. The number of hydrogen-bond acceptors (Lipinski definition) is 4. The van der Waals surface area contributed by atoms with Gasteiger partial charge in [-0.05, 0) is 45.7 Å². The van der Waals surface area contributed by atoms with Crippen LogP contribution in [0.15, 0.2) is 12.1 Å². The van der Waals surface area contributed by atoms with Gasteiger partial charge in [-0.25, -0.2) is 0 Å². The second-order valence-electron chi connectivity index (χ2n) is 6.67. The summed E-state index contributed by atoms with van der Waals surface area (Å²) in [6.07, 6.45) is -0.0467. The summed E-state index contributed by atoms with van der Waals surface area (Å²) in [5.41, 5.74) is 3.48. The Hall–Kier alpha value is -1.10. The van der Waals surface area contributed by atoms with Crippen molar-refractivity contribution in [3.05, 3.63) is 28.8 Å². The molecule has 4 nitrogen and oxygen atoms in total. The monoisotopic (exact) mass is 307 g/mol. The van der Waals surface area contributed by atoms with Crippen LogP contribution in [0.4, 0.5) is 0 Å². The number of aliphatic hydroxyl groups excluding tert-OH is 1. The van der Waals surface area contributed by atoms with Gasteiger partial charge in [0, 0.05) is 19.6 Å². The second kappa shape index (κ2) is 7.44. The van der Waals surface area contributed by atoms with Crippen molar-refractivity contribution < 1.29 is 14.6 Å². The summed E-state index contributed by atoms with van der Waals surface area (Å²) in [4.78, 5) is 2.25. The van der Waals surface area contributed by atoms with Gasteiger partial charge in [-0.15, -0.1) is 0 Å². The predicted molar refractivity (Wildman–Crippen MR) is 88.6 cm³/mol. The molecular formula is C18H29NO3. The van der Waals surface area contributed by atoms with E-state index < -0.39 is 6.10 Å². The maximum atomic E-state index is 10.3. The maximum Gasteiger partial charge on any atom is 0.125 e. The molecule has 22 heavy (non-hydrogen) atoms. The average Bonchev–Trinajstić information content (AvgIpc) is 2.35. The van der Waals surface area contributed by atoms with E-state index in [2.05, 4.69) is 37.8 Å². The smallest absolute Gasteiger partial charge is 0.125 e. The molecule has 3 atom stereocenters. The minimum Gasteiger partial charge on any atom is -0.490 e. The van der Waals surface area contributed by atoms with E-state index in [0.29, 0.717) is 13.2 Å². The predicted octanol–water partition coefficient (Wildman–Crippen LogP) is 2.46. The van der Waals surface area contributed by atoms with Crippen LogP contribution in [-0.4, -0.2) is 54.6 Å². The average molecular weight is 307 g/mol. The highest BCUT2D eigenvalue weighted by Gasteiger charge is 2.24. The highest BCUT2D eigenvalue weighted by atomic mass is 16.5. The minimum absolute atomic E-state index is 0.221. The Morgan fingerprint density at radius 2 is 1.73 bits per heavy atom. The van der Waals surface area contributed by atoms with Gasteiger partial charge in [0.05, 0.1) is 12.2 Å². The summed E-state index contributed by atoms with van der Waals surface area (Å²) in [6.45, 7) is 13.0. The van der Waals surface area contributed by atoms with Crippen LogP contribution in [0.5, 0.6) is 5.75 Å². The van der Waals surface area contributed by atoms with E-state index in [1.54, 1.807) is 0 Å². The summed E-state index contributed by atoms with van der Waals surface area (Å²) in [5.74, 6) is 0.897. The van der Waals surface area contributed by atoms with E-state index in [9.17, 15) is 5.11 Å². The van der Waals surface area contributed by atoms with E-state index in [4.69, 9.17) is 9.47 Å². The molecule has 1 fully saturated rings. The molecule has 1 aliphatic rings. The lowest BCUT2D eigenvalue weighted by molar-refractivity contribution is -0.0787. The SMILES string of the molecule is Cc1cc(C)c(OC[C@H](O)CN2C[C@@H](C)O[C@@H](C)C2)c(C)c1. The number of aryl methyl sites for hydroxylation is 3. The Morgan fingerprint density at radius 1 is 1.18 bits per heavy atom. The second-order valence-corrected chi connectivity index (χ2v) is 6.67. The summed E-state index contributed by atoms with van der Waals surface area (Å²) in [5, 5.41) is 10.3. The third kappa shape index (κ3) is 4.70. The summed E-state index contributed by atoms with van der Waals surface area (Å²) in [7, 11) is 0. The zero-order valence-corrected chi connectivity index (χ0v) is 14.4. The van der Waals surface area contributed by atoms with E-state index >= 15 is 0 Å². The van der Waals surface area contributed by atoms with Gasteiger partial charge >= 0.3 is 0 Å². The van der Waals surface area contributed by atoms with Crippen LogP contribution in [0.1, 0.15) is 30.5 Å². The van der Waals surface area contributed by atoms with Crippen molar-refractivity contribution in [1.82, 2.24) is 4.90 Å². The molecular weight excluding hydrogens is 278 g/mol. The molecule has 1 aliphatic heterocycles. The molecule has 0 bridgehead atoms. The number of hydrogen-bond donors (Lipinski definition) is 1. The van der Waals surface area contributed by atoms with Crippen LogP contribution >= 0.6 is 0 Å². The highest BCUT2D eigenvalue weighted by molar-refractivity contribution is 5.42. The number of nitrogens with zero attached hydrogens (tertiary/aromatic N) is 1. The number of benzene rings is 1. The van der Waals surface area contributed by atoms with Crippen molar-refractivity contribution in [3.63, 3.8) is 0 Å². The fourth-order valence-corrected chi connectivity index (χ4v) is 3.36. The molecule has 124 valence electrons. The molecule has 1 N–H and O–H groups in total. The van der Waals surface area contributed by atoms with Crippen LogP contribution in [0.2, 0.25) is 0 Å². The minimum atomic E-state index is -0.488. The topological polar surface area (TPSA) is 41.9 Å². The molecule has 0 amide bonds. The van der Waals surface area contributed by atoms with Gasteiger partial charge in [-0.1, -0.05) is 17.7 Å². The van der Waals surface area contributed by atoms with Gasteiger partial charge in [0.1, 0.15) is 18.5 Å². The van der Waals surface area contributed by atoms with Gasteiger partial charge in [0.15, 0.2) is 0 Å². The van der Waals surface area contributed by atoms with Gasteiger partial charge in [0.25, 0.3) is 0 Å². The quantitative estimate of drug-likeness (QED) is 0.907. The van der Waals surface area contributed by atoms with E-state index in [1.807, 2.05) is 13.8 Å². The molecule has 0 radical (unpaired) electrons. The van der Waals surface area contributed by atoms with Crippen molar-refractivity contribution in [1.29, 1.82) is 0 Å². The van der Waals surface area contributed by atoms with Crippen molar-refractivity contribution in [3.8, 4) is 5.75 Å². The van der Waals surface area contributed by atoms with Gasteiger partial charge in [0.2, 0.25) is 0 Å². The van der Waals surface area contributed by atoms with Crippen molar-refractivity contribution in [2.45, 2.75) is 52.9 Å². The summed E-state index contributed by atoms with van der Waals surface area (Å²) >= 11 is 0. The lowest BCUT2D eigenvalue weighted by atomic mass is 10.1. The highest BCUT2D eigenvalue weighted by Crippen LogP contribution is 2.24.